The lowest BCUT2D eigenvalue weighted by molar-refractivity contribution is -0.146. The Morgan fingerprint density at radius 2 is 2.14 bits per heavy atom. The molecule has 5 aliphatic heterocycles. The van der Waals surface area contributed by atoms with Crippen LogP contribution >= 0.6 is 0 Å². The van der Waals surface area contributed by atoms with E-state index in [1.807, 2.05) is 6.08 Å². The van der Waals surface area contributed by atoms with Crippen LogP contribution in [0.5, 0.6) is 0 Å². The third-order valence-corrected chi connectivity index (χ3v) is 7.25. The standard InChI is InChI=1S/C21H19FN2O5/c22-10-3-4-12-11(8-10)13(23-7-1-2-16(23)25)9-15-21-6-5-14(29-21)17(20(27)28)18(21)19(26)24(12)15/h3-6,8,13-15,17-18H,1-2,7,9H2,(H,27,28)/t13-,14+,15-,17+,18-,21+/m0/s1. The smallest absolute Gasteiger partial charge is 0.310 e. The summed E-state index contributed by atoms with van der Waals surface area (Å²) in [6.07, 6.45) is 4.56. The average Bonchev–Trinajstić information content (AvgIpc) is 3.43. The second-order valence-corrected chi connectivity index (χ2v) is 8.51. The van der Waals surface area contributed by atoms with Crippen molar-refractivity contribution in [2.75, 3.05) is 11.4 Å². The van der Waals surface area contributed by atoms with E-state index in [0.717, 1.165) is 6.42 Å². The second-order valence-electron chi connectivity index (χ2n) is 8.51. The molecule has 1 N–H and O–H groups in total. The number of ether oxygens (including phenoxy) is 1. The monoisotopic (exact) mass is 398 g/mol. The van der Waals surface area contributed by atoms with Crippen LogP contribution in [0.2, 0.25) is 0 Å². The Bertz CT molecular complexity index is 1010. The van der Waals surface area contributed by atoms with Crippen LogP contribution in [0.1, 0.15) is 30.9 Å². The summed E-state index contributed by atoms with van der Waals surface area (Å²) in [5, 5.41) is 9.73. The molecule has 5 aliphatic rings. The van der Waals surface area contributed by atoms with E-state index in [1.165, 1.54) is 12.1 Å². The number of carbonyl (C=O) groups is 3. The molecule has 6 rings (SSSR count). The van der Waals surface area contributed by atoms with E-state index in [0.29, 0.717) is 30.6 Å². The lowest BCUT2D eigenvalue weighted by Crippen LogP contribution is -2.50. The molecule has 8 heteroatoms. The summed E-state index contributed by atoms with van der Waals surface area (Å²) in [6.45, 7) is 0.591. The van der Waals surface area contributed by atoms with Gasteiger partial charge >= 0.3 is 5.97 Å². The average molecular weight is 398 g/mol. The number of carboxylic acid groups (broad SMARTS) is 1. The third-order valence-electron chi connectivity index (χ3n) is 7.25. The number of hydrogen-bond acceptors (Lipinski definition) is 4. The molecule has 6 atom stereocenters. The highest BCUT2D eigenvalue weighted by molar-refractivity contribution is 6.04. The molecule has 0 saturated carbocycles. The summed E-state index contributed by atoms with van der Waals surface area (Å²) in [5.74, 6) is -3.50. The first-order chi connectivity index (χ1) is 13.9. The van der Waals surface area contributed by atoms with Gasteiger partial charge in [-0.1, -0.05) is 12.2 Å². The predicted molar refractivity (Wildman–Crippen MR) is 97.3 cm³/mol. The maximum atomic E-state index is 14.1. The van der Waals surface area contributed by atoms with Crippen LogP contribution in [0.4, 0.5) is 10.1 Å². The van der Waals surface area contributed by atoms with Gasteiger partial charge in [-0.15, -0.1) is 0 Å². The first-order valence-electron chi connectivity index (χ1n) is 9.94. The molecule has 1 spiro atoms. The van der Waals surface area contributed by atoms with Gasteiger partial charge in [0.25, 0.3) is 0 Å². The molecule has 1 aromatic rings. The number of rotatable bonds is 2. The van der Waals surface area contributed by atoms with Gasteiger partial charge < -0.3 is 19.6 Å². The van der Waals surface area contributed by atoms with Crippen molar-refractivity contribution >= 4 is 23.5 Å². The van der Waals surface area contributed by atoms with Gasteiger partial charge in [0.2, 0.25) is 11.8 Å². The first kappa shape index (κ1) is 17.1. The van der Waals surface area contributed by atoms with Crippen molar-refractivity contribution in [2.45, 2.75) is 43.1 Å². The molecule has 150 valence electrons. The Balaban J connectivity index is 1.52. The molecule has 0 aliphatic carbocycles. The van der Waals surface area contributed by atoms with E-state index in [2.05, 4.69) is 0 Å². The minimum absolute atomic E-state index is 0.0210. The molecular formula is C21H19FN2O5. The summed E-state index contributed by atoms with van der Waals surface area (Å²) in [5.41, 5.74) is 0.134. The van der Waals surface area contributed by atoms with Gasteiger partial charge in [-0.3, -0.25) is 14.4 Å². The number of nitrogens with zero attached hydrogens (tertiary/aromatic N) is 2. The highest BCUT2D eigenvalue weighted by Gasteiger charge is 2.72. The van der Waals surface area contributed by atoms with Gasteiger partial charge in [0.1, 0.15) is 17.3 Å². The molecule has 7 nitrogen and oxygen atoms in total. The molecule has 1 aromatic carbocycles. The Morgan fingerprint density at radius 1 is 1.31 bits per heavy atom. The fourth-order valence-corrected chi connectivity index (χ4v) is 6.15. The van der Waals surface area contributed by atoms with Gasteiger partial charge in [0, 0.05) is 24.2 Å². The minimum Gasteiger partial charge on any atom is -0.481 e. The number of likely N-dealkylation sites (tertiary alicyclic amines) is 1. The van der Waals surface area contributed by atoms with Gasteiger partial charge in [0.15, 0.2) is 0 Å². The van der Waals surface area contributed by atoms with Crippen molar-refractivity contribution in [1.82, 2.24) is 4.90 Å². The van der Waals surface area contributed by atoms with Crippen LogP contribution in [-0.4, -0.2) is 52.1 Å². The summed E-state index contributed by atoms with van der Waals surface area (Å²) < 4.78 is 20.3. The van der Waals surface area contributed by atoms with Crippen molar-refractivity contribution in [2.24, 2.45) is 11.8 Å². The topological polar surface area (TPSA) is 87.2 Å². The van der Waals surface area contributed by atoms with E-state index in [4.69, 9.17) is 4.74 Å². The Kier molecular flexibility index (Phi) is 3.22. The van der Waals surface area contributed by atoms with Crippen molar-refractivity contribution in [3.05, 3.63) is 41.7 Å². The SMILES string of the molecule is O=C(O)[C@H]1[C@H]2C(=O)N3c4ccc(F)cc4[C@@H](N4CCCC4=O)C[C@H]3[C@]23C=C[C@H]1O3. The predicted octanol–water partition coefficient (Wildman–Crippen LogP) is 1.63. The summed E-state index contributed by atoms with van der Waals surface area (Å²) in [4.78, 5) is 41.2. The van der Waals surface area contributed by atoms with Gasteiger partial charge in [-0.25, -0.2) is 4.39 Å². The lowest BCUT2D eigenvalue weighted by atomic mass is 9.73. The number of carbonyl (C=O) groups excluding carboxylic acids is 2. The largest absolute Gasteiger partial charge is 0.481 e. The molecule has 2 bridgehead atoms. The number of aliphatic carboxylic acids is 1. The zero-order valence-corrected chi connectivity index (χ0v) is 15.5. The van der Waals surface area contributed by atoms with Gasteiger partial charge in [-0.2, -0.15) is 0 Å². The number of anilines is 1. The molecule has 3 fully saturated rings. The Hall–Kier alpha value is -2.74. The minimum atomic E-state index is -1.05. The van der Waals surface area contributed by atoms with Crippen molar-refractivity contribution in [3.8, 4) is 0 Å². The molecule has 2 amide bonds. The summed E-state index contributed by atoms with van der Waals surface area (Å²) >= 11 is 0. The van der Waals surface area contributed by atoms with E-state index >= 15 is 0 Å². The van der Waals surface area contributed by atoms with E-state index in [1.54, 1.807) is 21.9 Å². The number of amides is 2. The van der Waals surface area contributed by atoms with Gasteiger partial charge in [-0.05, 0) is 31.0 Å². The summed E-state index contributed by atoms with van der Waals surface area (Å²) in [6, 6.07) is 3.46. The van der Waals surface area contributed by atoms with Crippen LogP contribution < -0.4 is 4.90 Å². The van der Waals surface area contributed by atoms with Crippen LogP contribution in [0.15, 0.2) is 30.4 Å². The van der Waals surface area contributed by atoms with Crippen molar-refractivity contribution < 1.29 is 28.6 Å². The maximum Gasteiger partial charge on any atom is 0.310 e. The highest BCUT2D eigenvalue weighted by Crippen LogP contribution is 2.60. The maximum absolute atomic E-state index is 14.1. The Labute approximate surface area is 165 Å². The van der Waals surface area contributed by atoms with Crippen LogP contribution in [-0.2, 0) is 19.1 Å². The molecular weight excluding hydrogens is 379 g/mol. The number of benzene rings is 1. The number of hydrogen-bond donors (Lipinski definition) is 1. The Morgan fingerprint density at radius 3 is 2.86 bits per heavy atom. The number of carboxylic acids is 1. The molecule has 0 radical (unpaired) electrons. The highest BCUT2D eigenvalue weighted by atomic mass is 19.1. The fourth-order valence-electron chi connectivity index (χ4n) is 6.15. The van der Waals surface area contributed by atoms with Crippen molar-refractivity contribution in [1.29, 1.82) is 0 Å². The molecule has 29 heavy (non-hydrogen) atoms. The van der Waals surface area contributed by atoms with E-state index in [9.17, 15) is 23.9 Å². The zero-order valence-electron chi connectivity index (χ0n) is 15.5. The lowest BCUT2D eigenvalue weighted by Gasteiger charge is -2.43. The molecule has 0 aromatic heterocycles. The van der Waals surface area contributed by atoms with Crippen molar-refractivity contribution in [3.63, 3.8) is 0 Å². The van der Waals surface area contributed by atoms with Crippen LogP contribution in [0.3, 0.4) is 0 Å². The molecule has 0 unspecified atom stereocenters. The van der Waals surface area contributed by atoms with Crippen LogP contribution in [0, 0.1) is 17.7 Å². The quantitative estimate of drug-likeness (QED) is 0.766. The zero-order chi connectivity index (χ0) is 20.1. The number of fused-ring (bicyclic) bond motifs is 4. The van der Waals surface area contributed by atoms with E-state index in [-0.39, 0.29) is 17.9 Å². The number of halogens is 1. The summed E-state index contributed by atoms with van der Waals surface area (Å²) in [7, 11) is 0. The molecule has 3 saturated heterocycles. The normalized spacial score (nSPS) is 39.1. The third kappa shape index (κ3) is 1.97. The second kappa shape index (κ2) is 5.44. The molecule has 5 heterocycles. The van der Waals surface area contributed by atoms with E-state index < -0.39 is 41.4 Å². The first-order valence-corrected chi connectivity index (χ1v) is 9.94. The fraction of sp³-hybridized carbons (Fsp3) is 0.476. The van der Waals surface area contributed by atoms with Gasteiger partial charge in [0.05, 0.1) is 24.1 Å². The van der Waals surface area contributed by atoms with Crippen LogP contribution in [0.25, 0.3) is 0 Å².